The second-order valence-electron chi connectivity index (χ2n) is 7.20. The number of amides is 1. The Bertz CT molecular complexity index is 875. The van der Waals surface area contributed by atoms with Crippen molar-refractivity contribution in [3.63, 3.8) is 0 Å². The smallest absolute Gasteiger partial charge is 0.224 e. The highest BCUT2D eigenvalue weighted by atomic mass is 16.3. The van der Waals surface area contributed by atoms with Crippen molar-refractivity contribution in [2.45, 2.75) is 25.3 Å². The van der Waals surface area contributed by atoms with Gasteiger partial charge in [-0.3, -0.25) is 9.78 Å². The maximum Gasteiger partial charge on any atom is 0.224 e. The number of furan rings is 1. The summed E-state index contributed by atoms with van der Waals surface area (Å²) in [6, 6.07) is 13.5. The number of para-hydroxylation sites is 1. The summed E-state index contributed by atoms with van der Waals surface area (Å²) in [4.78, 5) is 17.0. The monoisotopic (exact) mass is 332 g/mol. The highest BCUT2D eigenvalue weighted by Crippen LogP contribution is 2.57. The lowest BCUT2D eigenvalue weighted by molar-refractivity contribution is -0.123. The van der Waals surface area contributed by atoms with Crippen LogP contribution in [0.2, 0.25) is 0 Å². The molecule has 0 spiro atoms. The van der Waals surface area contributed by atoms with E-state index < -0.39 is 0 Å². The summed E-state index contributed by atoms with van der Waals surface area (Å²) in [6.07, 6.45) is 7.21. The van der Waals surface area contributed by atoms with Crippen molar-refractivity contribution >= 4 is 16.9 Å². The lowest BCUT2D eigenvalue weighted by atomic mass is 10.0. The van der Waals surface area contributed by atoms with Crippen molar-refractivity contribution in [1.82, 2.24) is 10.3 Å². The Morgan fingerprint density at radius 1 is 1.16 bits per heavy atom. The maximum absolute atomic E-state index is 12.8. The lowest BCUT2D eigenvalue weighted by Crippen LogP contribution is -2.31. The third-order valence-corrected chi connectivity index (χ3v) is 5.74. The Morgan fingerprint density at radius 3 is 2.76 bits per heavy atom. The number of aromatic nitrogens is 1. The van der Waals surface area contributed by atoms with E-state index in [0.29, 0.717) is 11.8 Å². The number of rotatable bonds is 4. The minimum atomic E-state index is -0.296. The quantitative estimate of drug-likeness (QED) is 0.783. The van der Waals surface area contributed by atoms with Gasteiger partial charge in [0.25, 0.3) is 0 Å². The molecule has 4 heteroatoms. The van der Waals surface area contributed by atoms with Crippen molar-refractivity contribution in [1.29, 1.82) is 0 Å². The summed E-state index contributed by atoms with van der Waals surface area (Å²) in [6.45, 7) is 0. The minimum Gasteiger partial charge on any atom is -0.459 e. The van der Waals surface area contributed by atoms with Crippen molar-refractivity contribution in [3.8, 4) is 0 Å². The molecule has 2 aliphatic rings. The molecule has 5 rings (SSSR count). The second kappa shape index (κ2) is 5.73. The molecular weight excluding hydrogens is 312 g/mol. The van der Waals surface area contributed by atoms with E-state index in [9.17, 15) is 4.79 Å². The summed E-state index contributed by atoms with van der Waals surface area (Å²) in [5.41, 5.74) is 1.78. The highest BCUT2D eigenvalue weighted by Gasteiger charge is 2.56. The predicted octanol–water partition coefficient (Wildman–Crippen LogP) is 4.08. The third-order valence-electron chi connectivity index (χ3n) is 5.74. The summed E-state index contributed by atoms with van der Waals surface area (Å²) in [5.74, 6) is 2.31. The standard InChI is InChI=1S/C21H20N2O2/c24-21(19-15-7-3-8-16(15)19)23-20(14-6-4-10-22-12-14)18-11-13-5-1-2-9-17(13)25-18/h1-2,4-6,9-12,15-16,19-20H,3,7-8H2,(H,23,24). The minimum absolute atomic E-state index is 0.156. The van der Waals surface area contributed by atoms with Crippen LogP contribution in [0.25, 0.3) is 11.0 Å². The summed E-state index contributed by atoms with van der Waals surface area (Å²) in [7, 11) is 0. The van der Waals surface area contributed by atoms with Crippen LogP contribution in [0.1, 0.15) is 36.6 Å². The van der Waals surface area contributed by atoms with Crippen molar-refractivity contribution < 1.29 is 9.21 Å². The third kappa shape index (κ3) is 2.53. The van der Waals surface area contributed by atoms with Crippen molar-refractivity contribution in [2.75, 3.05) is 0 Å². The number of nitrogens with zero attached hydrogens (tertiary/aromatic N) is 1. The van der Waals surface area contributed by atoms with E-state index in [1.807, 2.05) is 42.5 Å². The fraction of sp³-hybridized carbons (Fsp3) is 0.333. The Labute approximate surface area is 146 Å². The number of nitrogens with one attached hydrogen (secondary N) is 1. The van der Waals surface area contributed by atoms with Crippen LogP contribution in [0.5, 0.6) is 0 Å². The molecule has 3 aromatic rings. The largest absolute Gasteiger partial charge is 0.459 e. The number of fused-ring (bicyclic) bond motifs is 2. The molecule has 3 atom stereocenters. The molecule has 2 aromatic heterocycles. The molecule has 3 unspecified atom stereocenters. The van der Waals surface area contributed by atoms with Crippen LogP contribution >= 0.6 is 0 Å². The molecule has 2 heterocycles. The first-order valence-corrected chi connectivity index (χ1v) is 9.00. The summed E-state index contributed by atoms with van der Waals surface area (Å²) in [5, 5.41) is 4.27. The van der Waals surface area contributed by atoms with E-state index in [4.69, 9.17) is 4.42 Å². The van der Waals surface area contributed by atoms with Gasteiger partial charge in [0.15, 0.2) is 0 Å². The Balaban J connectivity index is 1.47. The molecule has 1 amide bonds. The van der Waals surface area contributed by atoms with Gasteiger partial charge in [0, 0.05) is 29.3 Å². The van der Waals surface area contributed by atoms with Gasteiger partial charge in [-0.05, 0) is 42.9 Å². The van der Waals surface area contributed by atoms with E-state index in [1.165, 1.54) is 19.3 Å². The van der Waals surface area contributed by atoms with Gasteiger partial charge < -0.3 is 9.73 Å². The van der Waals surface area contributed by atoms with Gasteiger partial charge in [-0.1, -0.05) is 30.7 Å². The Kier molecular flexibility index (Phi) is 3.37. The van der Waals surface area contributed by atoms with E-state index in [-0.39, 0.29) is 17.9 Å². The molecule has 0 bridgehead atoms. The molecule has 126 valence electrons. The Hall–Kier alpha value is -2.62. The van der Waals surface area contributed by atoms with Crippen LogP contribution in [0.15, 0.2) is 59.3 Å². The van der Waals surface area contributed by atoms with E-state index in [0.717, 1.165) is 22.3 Å². The topological polar surface area (TPSA) is 55.1 Å². The summed E-state index contributed by atoms with van der Waals surface area (Å²) < 4.78 is 6.04. The molecule has 2 fully saturated rings. The molecule has 0 saturated heterocycles. The van der Waals surface area contributed by atoms with Crippen LogP contribution in [-0.2, 0) is 4.79 Å². The van der Waals surface area contributed by atoms with Gasteiger partial charge in [-0.15, -0.1) is 0 Å². The molecule has 2 aliphatic carbocycles. The van der Waals surface area contributed by atoms with Crippen LogP contribution in [0.4, 0.5) is 0 Å². The van der Waals surface area contributed by atoms with Crippen LogP contribution < -0.4 is 5.32 Å². The normalized spacial score (nSPS) is 25.5. The van der Waals surface area contributed by atoms with Crippen LogP contribution in [-0.4, -0.2) is 10.9 Å². The first-order valence-electron chi connectivity index (χ1n) is 9.00. The predicted molar refractivity (Wildman–Crippen MR) is 94.8 cm³/mol. The molecular formula is C21H20N2O2. The molecule has 4 nitrogen and oxygen atoms in total. The van der Waals surface area contributed by atoms with Gasteiger partial charge in [0.2, 0.25) is 5.91 Å². The van der Waals surface area contributed by atoms with Crippen LogP contribution in [0, 0.1) is 17.8 Å². The number of hydrogen-bond acceptors (Lipinski definition) is 3. The number of pyridine rings is 1. The van der Waals surface area contributed by atoms with E-state index in [2.05, 4.69) is 10.3 Å². The SMILES string of the molecule is O=C(NC(c1cccnc1)c1cc2ccccc2o1)C1C2CCCC21. The van der Waals surface area contributed by atoms with Crippen LogP contribution in [0.3, 0.4) is 0 Å². The van der Waals surface area contributed by atoms with Gasteiger partial charge >= 0.3 is 0 Å². The van der Waals surface area contributed by atoms with Crippen molar-refractivity contribution in [3.05, 3.63) is 66.2 Å². The molecule has 2 saturated carbocycles. The highest BCUT2D eigenvalue weighted by molar-refractivity contribution is 5.84. The van der Waals surface area contributed by atoms with Gasteiger partial charge in [0.05, 0.1) is 0 Å². The molecule has 25 heavy (non-hydrogen) atoms. The molecule has 0 radical (unpaired) electrons. The average Bonchev–Trinajstić information content (AvgIpc) is 3.01. The fourth-order valence-corrected chi connectivity index (χ4v) is 4.46. The molecule has 1 N–H and O–H groups in total. The maximum atomic E-state index is 12.8. The van der Waals surface area contributed by atoms with Crippen molar-refractivity contribution in [2.24, 2.45) is 17.8 Å². The zero-order valence-corrected chi connectivity index (χ0v) is 13.9. The van der Waals surface area contributed by atoms with E-state index >= 15 is 0 Å². The van der Waals surface area contributed by atoms with Gasteiger partial charge in [-0.25, -0.2) is 0 Å². The first-order chi connectivity index (χ1) is 12.3. The van der Waals surface area contributed by atoms with E-state index in [1.54, 1.807) is 12.4 Å². The summed E-state index contributed by atoms with van der Waals surface area (Å²) >= 11 is 0. The number of carbonyl (C=O) groups is 1. The lowest BCUT2D eigenvalue weighted by Gasteiger charge is -2.17. The van der Waals surface area contributed by atoms with Gasteiger partial charge in [-0.2, -0.15) is 0 Å². The van der Waals surface area contributed by atoms with Gasteiger partial charge in [0.1, 0.15) is 17.4 Å². The zero-order valence-electron chi connectivity index (χ0n) is 13.9. The first kappa shape index (κ1) is 14.7. The zero-order chi connectivity index (χ0) is 16.8. The fourth-order valence-electron chi connectivity index (χ4n) is 4.46. The number of benzene rings is 1. The molecule has 1 aromatic carbocycles. The average molecular weight is 332 g/mol. The molecule has 0 aliphatic heterocycles. The second-order valence-corrected chi connectivity index (χ2v) is 7.20. The Morgan fingerprint density at radius 2 is 2.00 bits per heavy atom. The number of hydrogen-bond donors (Lipinski definition) is 1. The number of carbonyl (C=O) groups excluding carboxylic acids is 1.